The lowest BCUT2D eigenvalue weighted by Gasteiger charge is -1.97. The van der Waals surface area contributed by atoms with Gasteiger partial charge in [0.05, 0.1) is 11.3 Å². The molecular weight excluding hydrogens is 152 g/mol. The fraction of sp³-hybridized carbons (Fsp3) is 0.222. The van der Waals surface area contributed by atoms with Crippen molar-refractivity contribution in [3.63, 3.8) is 0 Å². The molecule has 1 aliphatic heterocycles. The van der Waals surface area contributed by atoms with Crippen molar-refractivity contribution in [1.82, 2.24) is 0 Å². The number of azo groups is 1. The summed E-state index contributed by atoms with van der Waals surface area (Å²) in [6.07, 6.45) is 0.931. The molecule has 1 heterocycles. The summed E-state index contributed by atoms with van der Waals surface area (Å²) in [5, 5.41) is 7.20. The molecule has 0 spiro atoms. The lowest BCUT2D eigenvalue weighted by Crippen LogP contribution is -1.90. The maximum atomic E-state index is 11.1. The molecule has 1 amide bonds. The Morgan fingerprint density at radius 1 is 1.33 bits per heavy atom. The van der Waals surface area contributed by atoms with Crippen LogP contribution in [0.5, 0.6) is 0 Å². The number of carbonyl (C=O) groups excluding carboxylic acids is 1. The standard InChI is InChI=1S/C9H8N2O/c1-2-6-3-4-8-7(5-6)9(12)11-10-8/h3-5H,2H2,1H3. The highest BCUT2D eigenvalue weighted by atomic mass is 16.2. The number of fused-ring (bicyclic) bond motifs is 1. The van der Waals surface area contributed by atoms with Crippen LogP contribution >= 0.6 is 0 Å². The maximum absolute atomic E-state index is 11.1. The molecule has 1 aromatic rings. The molecule has 0 saturated heterocycles. The van der Waals surface area contributed by atoms with E-state index in [1.807, 2.05) is 18.2 Å². The topological polar surface area (TPSA) is 41.8 Å². The molecule has 2 rings (SSSR count). The number of amides is 1. The van der Waals surface area contributed by atoms with Crippen molar-refractivity contribution in [1.29, 1.82) is 0 Å². The molecule has 1 aliphatic rings. The zero-order chi connectivity index (χ0) is 8.55. The highest BCUT2D eigenvalue weighted by Crippen LogP contribution is 2.27. The molecule has 1 aromatic carbocycles. The summed E-state index contributed by atoms with van der Waals surface area (Å²) in [5.74, 6) is -0.222. The molecule has 0 unspecified atom stereocenters. The minimum Gasteiger partial charge on any atom is -0.265 e. The zero-order valence-corrected chi connectivity index (χ0v) is 6.74. The predicted octanol–water partition coefficient (Wildman–Crippen LogP) is 2.49. The lowest BCUT2D eigenvalue weighted by molar-refractivity contribution is 0.100. The van der Waals surface area contributed by atoms with Gasteiger partial charge in [-0.25, -0.2) is 0 Å². The minimum atomic E-state index is -0.222. The first-order valence-corrected chi connectivity index (χ1v) is 3.90. The van der Waals surface area contributed by atoms with Crippen LogP contribution in [0.3, 0.4) is 0 Å². The fourth-order valence-corrected chi connectivity index (χ4v) is 1.21. The van der Waals surface area contributed by atoms with Crippen molar-refractivity contribution in [3.05, 3.63) is 29.3 Å². The van der Waals surface area contributed by atoms with Gasteiger partial charge in [-0.3, -0.25) is 4.79 Å². The molecule has 12 heavy (non-hydrogen) atoms. The van der Waals surface area contributed by atoms with Gasteiger partial charge in [0.2, 0.25) is 0 Å². The third-order valence-electron chi connectivity index (χ3n) is 1.95. The average molecular weight is 160 g/mol. The maximum Gasteiger partial charge on any atom is 0.297 e. The SMILES string of the molecule is CCc1ccc2c(c1)C(=O)N=N2. The summed E-state index contributed by atoms with van der Waals surface area (Å²) < 4.78 is 0. The number of nitrogens with zero attached hydrogens (tertiary/aromatic N) is 2. The van der Waals surface area contributed by atoms with Crippen molar-refractivity contribution >= 4 is 11.6 Å². The van der Waals surface area contributed by atoms with Crippen LogP contribution in [0.4, 0.5) is 5.69 Å². The van der Waals surface area contributed by atoms with E-state index in [0.717, 1.165) is 12.0 Å². The molecule has 0 radical (unpaired) electrons. The van der Waals surface area contributed by atoms with E-state index < -0.39 is 0 Å². The summed E-state index contributed by atoms with van der Waals surface area (Å²) in [5.41, 5.74) is 2.47. The Morgan fingerprint density at radius 3 is 2.92 bits per heavy atom. The van der Waals surface area contributed by atoms with Gasteiger partial charge in [-0.15, -0.1) is 10.2 Å². The van der Waals surface area contributed by atoms with Crippen LogP contribution in [-0.2, 0) is 6.42 Å². The third kappa shape index (κ3) is 0.942. The Kier molecular flexibility index (Phi) is 1.50. The molecule has 3 heteroatoms. The molecule has 0 N–H and O–H groups in total. The number of hydrogen-bond donors (Lipinski definition) is 0. The monoisotopic (exact) mass is 160 g/mol. The highest BCUT2D eigenvalue weighted by molar-refractivity contribution is 6.01. The molecule has 0 fully saturated rings. The van der Waals surface area contributed by atoms with Crippen LogP contribution in [0.25, 0.3) is 0 Å². The molecule has 0 atom stereocenters. The van der Waals surface area contributed by atoms with E-state index >= 15 is 0 Å². The Balaban J connectivity index is 2.55. The van der Waals surface area contributed by atoms with Gasteiger partial charge >= 0.3 is 0 Å². The van der Waals surface area contributed by atoms with E-state index in [1.165, 1.54) is 0 Å². The summed E-state index contributed by atoms with van der Waals surface area (Å²) in [4.78, 5) is 11.1. The third-order valence-corrected chi connectivity index (χ3v) is 1.95. The second-order valence-corrected chi connectivity index (χ2v) is 2.71. The zero-order valence-electron chi connectivity index (χ0n) is 6.74. The quantitative estimate of drug-likeness (QED) is 0.622. The van der Waals surface area contributed by atoms with Gasteiger partial charge in [0, 0.05) is 0 Å². The minimum absolute atomic E-state index is 0.222. The van der Waals surface area contributed by atoms with Crippen LogP contribution in [0.2, 0.25) is 0 Å². The summed E-state index contributed by atoms with van der Waals surface area (Å²) in [6.45, 7) is 2.05. The van der Waals surface area contributed by atoms with Gasteiger partial charge in [0.25, 0.3) is 5.91 Å². The molecule has 0 bridgehead atoms. The number of benzene rings is 1. The van der Waals surface area contributed by atoms with E-state index in [4.69, 9.17) is 0 Å². The van der Waals surface area contributed by atoms with Crippen molar-refractivity contribution in [2.75, 3.05) is 0 Å². The van der Waals surface area contributed by atoms with Crippen molar-refractivity contribution in [2.45, 2.75) is 13.3 Å². The van der Waals surface area contributed by atoms with Gasteiger partial charge in [0.1, 0.15) is 0 Å². The number of rotatable bonds is 1. The van der Waals surface area contributed by atoms with Crippen LogP contribution < -0.4 is 0 Å². The molecule has 0 aromatic heterocycles. The van der Waals surface area contributed by atoms with Gasteiger partial charge in [-0.2, -0.15) is 0 Å². The fourth-order valence-electron chi connectivity index (χ4n) is 1.21. The van der Waals surface area contributed by atoms with E-state index in [9.17, 15) is 4.79 Å². The number of hydrogen-bond acceptors (Lipinski definition) is 2. The molecular formula is C9H8N2O. The first-order chi connectivity index (χ1) is 5.81. The van der Waals surface area contributed by atoms with Crippen LogP contribution in [0.15, 0.2) is 28.4 Å². The number of aryl methyl sites for hydroxylation is 1. The molecule has 0 saturated carbocycles. The van der Waals surface area contributed by atoms with Crippen molar-refractivity contribution in [3.8, 4) is 0 Å². The molecule has 0 aliphatic carbocycles. The second-order valence-electron chi connectivity index (χ2n) is 2.71. The second kappa shape index (κ2) is 2.52. The van der Waals surface area contributed by atoms with E-state index in [2.05, 4.69) is 17.2 Å². The largest absolute Gasteiger partial charge is 0.297 e. The van der Waals surface area contributed by atoms with E-state index in [0.29, 0.717) is 11.3 Å². The van der Waals surface area contributed by atoms with Crippen molar-refractivity contribution in [2.24, 2.45) is 10.2 Å². The van der Waals surface area contributed by atoms with Gasteiger partial charge in [-0.05, 0) is 24.1 Å². The van der Waals surface area contributed by atoms with Crippen LogP contribution in [0.1, 0.15) is 22.8 Å². The Labute approximate surface area is 70.1 Å². The summed E-state index contributed by atoms with van der Waals surface area (Å²) in [6, 6.07) is 5.66. The first-order valence-electron chi connectivity index (χ1n) is 3.90. The Morgan fingerprint density at radius 2 is 2.17 bits per heavy atom. The van der Waals surface area contributed by atoms with Crippen LogP contribution in [0, 0.1) is 0 Å². The molecule has 60 valence electrons. The summed E-state index contributed by atoms with van der Waals surface area (Å²) in [7, 11) is 0. The predicted molar refractivity (Wildman–Crippen MR) is 44.7 cm³/mol. The summed E-state index contributed by atoms with van der Waals surface area (Å²) >= 11 is 0. The Bertz CT molecular complexity index is 369. The average Bonchev–Trinajstić information content (AvgIpc) is 2.47. The number of carbonyl (C=O) groups is 1. The molecule has 3 nitrogen and oxygen atoms in total. The van der Waals surface area contributed by atoms with E-state index in [1.54, 1.807) is 0 Å². The van der Waals surface area contributed by atoms with E-state index in [-0.39, 0.29) is 5.91 Å². The van der Waals surface area contributed by atoms with Crippen LogP contribution in [-0.4, -0.2) is 5.91 Å². The van der Waals surface area contributed by atoms with Gasteiger partial charge < -0.3 is 0 Å². The highest BCUT2D eigenvalue weighted by Gasteiger charge is 2.16. The first kappa shape index (κ1) is 7.16. The normalized spacial score (nSPS) is 13.6. The Hall–Kier alpha value is -1.51. The lowest BCUT2D eigenvalue weighted by atomic mass is 10.1. The smallest absolute Gasteiger partial charge is 0.265 e. The van der Waals surface area contributed by atoms with Gasteiger partial charge in [-0.1, -0.05) is 13.0 Å². The van der Waals surface area contributed by atoms with Crippen molar-refractivity contribution < 1.29 is 4.79 Å². The van der Waals surface area contributed by atoms with Gasteiger partial charge in [0.15, 0.2) is 0 Å².